The summed E-state index contributed by atoms with van der Waals surface area (Å²) >= 11 is 6.03. The second-order valence-electron chi connectivity index (χ2n) is 7.98. The summed E-state index contributed by atoms with van der Waals surface area (Å²) in [6.45, 7) is 0. The van der Waals surface area contributed by atoms with Gasteiger partial charge in [-0.05, 0) is 43.2 Å². The molecular formula is C24H26ClN5O3S. The Labute approximate surface area is 204 Å². The van der Waals surface area contributed by atoms with Crippen molar-refractivity contribution in [2.75, 3.05) is 17.1 Å². The summed E-state index contributed by atoms with van der Waals surface area (Å²) in [6, 6.07) is 9.92. The van der Waals surface area contributed by atoms with Crippen molar-refractivity contribution in [1.82, 2.24) is 15.0 Å². The van der Waals surface area contributed by atoms with Crippen molar-refractivity contribution in [1.29, 1.82) is 0 Å². The van der Waals surface area contributed by atoms with Gasteiger partial charge >= 0.3 is 0 Å². The van der Waals surface area contributed by atoms with E-state index in [1.54, 1.807) is 36.7 Å². The Morgan fingerprint density at radius 2 is 1.76 bits per heavy atom. The maximum atomic E-state index is 12.7. The fourth-order valence-electron chi connectivity index (χ4n) is 3.77. The lowest BCUT2D eigenvalue weighted by molar-refractivity contribution is 0.397. The van der Waals surface area contributed by atoms with E-state index in [1.807, 2.05) is 12.2 Å². The number of aromatic nitrogens is 3. The highest BCUT2D eigenvalue weighted by Gasteiger charge is 2.19. The maximum Gasteiger partial charge on any atom is 0.264 e. The van der Waals surface area contributed by atoms with Gasteiger partial charge in [-0.25, -0.2) is 18.4 Å². The number of nitrogens with one attached hydrogen (secondary N) is 2. The van der Waals surface area contributed by atoms with Crippen LogP contribution in [0.15, 0.2) is 53.7 Å². The van der Waals surface area contributed by atoms with Crippen LogP contribution in [-0.4, -0.2) is 36.5 Å². The number of halogens is 1. The van der Waals surface area contributed by atoms with Crippen molar-refractivity contribution >= 4 is 45.5 Å². The normalized spacial score (nSPS) is 14.8. The minimum absolute atomic E-state index is 0.0252. The molecule has 10 heteroatoms. The van der Waals surface area contributed by atoms with Crippen molar-refractivity contribution in [2.24, 2.45) is 0 Å². The molecule has 2 N–H and O–H groups in total. The third-order valence-corrected chi connectivity index (χ3v) is 7.37. The average Bonchev–Trinajstić information content (AvgIpc) is 2.84. The van der Waals surface area contributed by atoms with Gasteiger partial charge in [0.15, 0.2) is 0 Å². The van der Waals surface area contributed by atoms with Gasteiger partial charge in [0.25, 0.3) is 10.0 Å². The third kappa shape index (κ3) is 6.03. The first kappa shape index (κ1) is 24.0. The Morgan fingerprint density at radius 1 is 1.03 bits per heavy atom. The topological polar surface area (TPSA) is 106 Å². The van der Waals surface area contributed by atoms with Gasteiger partial charge in [0.2, 0.25) is 11.8 Å². The van der Waals surface area contributed by atoms with Gasteiger partial charge in [-0.3, -0.25) is 4.72 Å². The zero-order valence-electron chi connectivity index (χ0n) is 18.7. The lowest BCUT2D eigenvalue weighted by Gasteiger charge is -2.22. The molecule has 2 aromatic heterocycles. The van der Waals surface area contributed by atoms with Crippen LogP contribution in [0, 0.1) is 0 Å². The van der Waals surface area contributed by atoms with Crippen LogP contribution in [0.3, 0.4) is 0 Å². The molecule has 34 heavy (non-hydrogen) atoms. The molecule has 1 fully saturated rings. The molecule has 0 bridgehead atoms. The standard InChI is InChI=1S/C24H26ClN5O3S/c1-33-23-18(12-11-17-15-26-24(27-16-17)28-19-7-3-2-4-8-19)13-14-22(29-23)30-34(31,32)21-10-6-5-9-20(21)25/h5-6,9-16,19H,2-4,7-8H2,1H3,(H,29,30)(H,26,27,28)/b12-11+. The van der Waals surface area contributed by atoms with E-state index in [-0.39, 0.29) is 21.6 Å². The van der Waals surface area contributed by atoms with Crippen LogP contribution in [-0.2, 0) is 10.0 Å². The van der Waals surface area contributed by atoms with Gasteiger partial charge in [-0.2, -0.15) is 4.98 Å². The van der Waals surface area contributed by atoms with Gasteiger partial charge in [-0.15, -0.1) is 0 Å². The van der Waals surface area contributed by atoms with Crippen LogP contribution in [0.25, 0.3) is 12.2 Å². The first-order valence-electron chi connectivity index (χ1n) is 11.0. The minimum atomic E-state index is -3.89. The fourth-order valence-corrected chi connectivity index (χ4v) is 5.29. The first-order valence-corrected chi connectivity index (χ1v) is 12.9. The van der Waals surface area contributed by atoms with E-state index in [0.717, 1.165) is 18.4 Å². The number of methoxy groups -OCH3 is 1. The summed E-state index contributed by atoms with van der Waals surface area (Å²) in [6.07, 6.45) is 13.3. The first-order chi connectivity index (χ1) is 16.4. The molecule has 2 heterocycles. The van der Waals surface area contributed by atoms with Crippen LogP contribution >= 0.6 is 11.6 Å². The highest BCUT2D eigenvalue weighted by molar-refractivity contribution is 7.92. The minimum Gasteiger partial charge on any atom is -0.481 e. The monoisotopic (exact) mass is 499 g/mol. The van der Waals surface area contributed by atoms with Gasteiger partial charge in [0, 0.05) is 29.6 Å². The Hall–Kier alpha value is -3.17. The molecule has 8 nitrogen and oxygen atoms in total. The number of hydrogen-bond donors (Lipinski definition) is 2. The summed E-state index contributed by atoms with van der Waals surface area (Å²) in [4.78, 5) is 13.1. The molecule has 0 saturated heterocycles. The number of rotatable bonds is 8. The number of pyridine rings is 1. The SMILES string of the molecule is COc1nc(NS(=O)(=O)c2ccccc2Cl)ccc1/C=C/c1cnc(NC2CCCCC2)nc1. The van der Waals surface area contributed by atoms with Crippen molar-refractivity contribution in [3.8, 4) is 5.88 Å². The predicted molar refractivity (Wildman–Crippen MR) is 135 cm³/mol. The Morgan fingerprint density at radius 3 is 2.47 bits per heavy atom. The second kappa shape index (κ2) is 10.8. The lowest BCUT2D eigenvalue weighted by atomic mass is 9.96. The van der Waals surface area contributed by atoms with E-state index < -0.39 is 10.0 Å². The molecule has 0 amide bonds. The van der Waals surface area contributed by atoms with Gasteiger partial charge in [0.1, 0.15) is 10.7 Å². The van der Waals surface area contributed by atoms with E-state index in [4.69, 9.17) is 16.3 Å². The molecule has 4 rings (SSSR count). The highest BCUT2D eigenvalue weighted by Crippen LogP contribution is 2.26. The maximum absolute atomic E-state index is 12.7. The second-order valence-corrected chi connectivity index (χ2v) is 10.0. The van der Waals surface area contributed by atoms with Gasteiger partial charge < -0.3 is 10.1 Å². The van der Waals surface area contributed by atoms with Crippen LogP contribution in [0.4, 0.5) is 11.8 Å². The summed E-state index contributed by atoms with van der Waals surface area (Å²) in [5, 5.41) is 3.53. The highest BCUT2D eigenvalue weighted by atomic mass is 35.5. The van der Waals surface area contributed by atoms with Gasteiger partial charge in [0.05, 0.1) is 12.1 Å². The Balaban J connectivity index is 1.45. The van der Waals surface area contributed by atoms with Crippen molar-refractivity contribution in [3.63, 3.8) is 0 Å². The molecule has 178 valence electrons. The summed E-state index contributed by atoms with van der Waals surface area (Å²) in [5.41, 5.74) is 1.49. The molecule has 0 atom stereocenters. The summed E-state index contributed by atoms with van der Waals surface area (Å²) in [7, 11) is -2.42. The van der Waals surface area contributed by atoms with E-state index in [1.165, 1.54) is 38.5 Å². The lowest BCUT2D eigenvalue weighted by Crippen LogP contribution is -2.23. The van der Waals surface area contributed by atoms with Crippen molar-refractivity contribution in [2.45, 2.75) is 43.0 Å². The smallest absolute Gasteiger partial charge is 0.264 e. The van der Waals surface area contributed by atoms with Crippen LogP contribution in [0.2, 0.25) is 5.02 Å². The predicted octanol–water partition coefficient (Wildman–Crippen LogP) is 5.25. The molecule has 0 spiro atoms. The molecule has 3 aromatic rings. The van der Waals surface area contributed by atoms with Crippen LogP contribution in [0.5, 0.6) is 5.88 Å². The number of benzene rings is 1. The number of anilines is 2. The molecular weight excluding hydrogens is 474 g/mol. The number of nitrogens with zero attached hydrogens (tertiary/aromatic N) is 3. The Kier molecular flexibility index (Phi) is 7.64. The molecule has 0 aliphatic heterocycles. The molecule has 1 aliphatic rings. The molecule has 1 aliphatic carbocycles. The van der Waals surface area contributed by atoms with Crippen LogP contribution < -0.4 is 14.8 Å². The zero-order chi connectivity index (χ0) is 24.0. The van der Waals surface area contributed by atoms with Crippen molar-refractivity contribution < 1.29 is 13.2 Å². The van der Waals surface area contributed by atoms with Crippen LogP contribution in [0.1, 0.15) is 43.2 Å². The fraction of sp³-hybridized carbons (Fsp3) is 0.292. The number of hydrogen-bond acceptors (Lipinski definition) is 7. The van der Waals surface area contributed by atoms with Gasteiger partial charge in [-0.1, -0.05) is 49.1 Å². The summed E-state index contributed by atoms with van der Waals surface area (Å²) < 4.78 is 33.1. The molecule has 1 saturated carbocycles. The van der Waals surface area contributed by atoms with E-state index in [2.05, 4.69) is 25.0 Å². The largest absolute Gasteiger partial charge is 0.481 e. The number of sulfonamides is 1. The zero-order valence-corrected chi connectivity index (χ0v) is 20.3. The van der Waals surface area contributed by atoms with E-state index >= 15 is 0 Å². The average molecular weight is 500 g/mol. The van der Waals surface area contributed by atoms with E-state index in [9.17, 15) is 8.42 Å². The summed E-state index contributed by atoms with van der Waals surface area (Å²) in [5.74, 6) is 1.03. The molecule has 0 unspecified atom stereocenters. The van der Waals surface area contributed by atoms with Crippen molar-refractivity contribution in [3.05, 3.63) is 64.9 Å². The quantitative estimate of drug-likeness (QED) is 0.436. The molecule has 1 aromatic carbocycles. The Bertz CT molecular complexity index is 1260. The van der Waals surface area contributed by atoms with E-state index in [0.29, 0.717) is 17.6 Å². The third-order valence-electron chi connectivity index (χ3n) is 5.51. The number of ether oxygens (including phenoxy) is 1. The molecule has 0 radical (unpaired) electrons.